The second kappa shape index (κ2) is 2.93. The molecule has 5 nitrogen and oxygen atoms in total. The first-order valence-corrected chi connectivity index (χ1v) is 6.44. The van der Waals surface area contributed by atoms with Crippen LogP contribution in [0.25, 0.3) is 0 Å². The SMILES string of the molecule is O=C(O)C1NCCC12CCS(=O)(=O)C2. The second-order valence-electron chi connectivity index (χ2n) is 4.18. The molecule has 2 saturated heterocycles. The zero-order valence-corrected chi connectivity index (χ0v) is 8.51. The zero-order valence-electron chi connectivity index (χ0n) is 7.69. The third-order valence-corrected chi connectivity index (χ3v) is 5.09. The van der Waals surface area contributed by atoms with Gasteiger partial charge >= 0.3 is 5.97 Å². The Morgan fingerprint density at radius 2 is 2.14 bits per heavy atom. The van der Waals surface area contributed by atoms with E-state index in [1.54, 1.807) is 0 Å². The van der Waals surface area contributed by atoms with E-state index < -0.39 is 27.3 Å². The molecule has 0 aromatic rings. The van der Waals surface area contributed by atoms with Gasteiger partial charge in [-0.3, -0.25) is 4.79 Å². The molecule has 0 aromatic carbocycles. The van der Waals surface area contributed by atoms with E-state index in [9.17, 15) is 13.2 Å². The molecule has 2 aliphatic rings. The van der Waals surface area contributed by atoms with Crippen molar-refractivity contribution in [3.05, 3.63) is 0 Å². The molecule has 2 heterocycles. The molecule has 2 atom stereocenters. The Balaban J connectivity index is 2.28. The van der Waals surface area contributed by atoms with Crippen molar-refractivity contribution in [1.29, 1.82) is 0 Å². The van der Waals surface area contributed by atoms with E-state index in [4.69, 9.17) is 5.11 Å². The number of hydrogen-bond acceptors (Lipinski definition) is 4. The monoisotopic (exact) mass is 219 g/mol. The number of aliphatic carboxylic acids is 1. The lowest BCUT2D eigenvalue weighted by molar-refractivity contribution is -0.141. The number of carbonyl (C=O) groups is 1. The molecule has 2 N–H and O–H groups in total. The first-order valence-electron chi connectivity index (χ1n) is 4.62. The average molecular weight is 219 g/mol. The highest BCUT2D eigenvalue weighted by Crippen LogP contribution is 2.41. The molecular formula is C8H13NO4S. The summed E-state index contributed by atoms with van der Waals surface area (Å²) in [5, 5.41) is 11.8. The molecule has 14 heavy (non-hydrogen) atoms. The Hall–Kier alpha value is -0.620. The van der Waals surface area contributed by atoms with Gasteiger partial charge in [0.05, 0.1) is 11.5 Å². The minimum Gasteiger partial charge on any atom is -0.480 e. The van der Waals surface area contributed by atoms with Crippen LogP contribution in [0.1, 0.15) is 12.8 Å². The summed E-state index contributed by atoms with van der Waals surface area (Å²) in [6, 6.07) is -0.681. The molecule has 80 valence electrons. The van der Waals surface area contributed by atoms with Crippen LogP contribution < -0.4 is 5.32 Å². The highest BCUT2D eigenvalue weighted by molar-refractivity contribution is 7.91. The van der Waals surface area contributed by atoms with Gasteiger partial charge in [0, 0.05) is 5.41 Å². The van der Waals surface area contributed by atoms with Gasteiger partial charge in [0.1, 0.15) is 6.04 Å². The minimum atomic E-state index is -3.01. The summed E-state index contributed by atoms with van der Waals surface area (Å²) in [6.45, 7) is 0.604. The third-order valence-electron chi connectivity index (χ3n) is 3.25. The van der Waals surface area contributed by atoms with Gasteiger partial charge in [-0.1, -0.05) is 0 Å². The van der Waals surface area contributed by atoms with Gasteiger partial charge in [-0.05, 0) is 19.4 Å². The highest BCUT2D eigenvalue weighted by Gasteiger charge is 2.53. The van der Waals surface area contributed by atoms with Crippen molar-refractivity contribution in [2.24, 2.45) is 5.41 Å². The lowest BCUT2D eigenvalue weighted by Gasteiger charge is -2.25. The molecule has 2 unspecified atom stereocenters. The lowest BCUT2D eigenvalue weighted by atomic mass is 9.80. The van der Waals surface area contributed by atoms with E-state index in [0.29, 0.717) is 19.4 Å². The summed E-state index contributed by atoms with van der Waals surface area (Å²) in [4.78, 5) is 10.9. The van der Waals surface area contributed by atoms with Gasteiger partial charge in [0.25, 0.3) is 0 Å². The highest BCUT2D eigenvalue weighted by atomic mass is 32.2. The maximum Gasteiger partial charge on any atom is 0.321 e. The van der Waals surface area contributed by atoms with Crippen molar-refractivity contribution in [3.8, 4) is 0 Å². The molecule has 0 aliphatic carbocycles. The molecule has 6 heteroatoms. The largest absolute Gasteiger partial charge is 0.480 e. The van der Waals surface area contributed by atoms with Gasteiger partial charge in [-0.15, -0.1) is 0 Å². The van der Waals surface area contributed by atoms with Crippen LogP contribution in [-0.2, 0) is 14.6 Å². The van der Waals surface area contributed by atoms with Crippen molar-refractivity contribution in [2.45, 2.75) is 18.9 Å². The van der Waals surface area contributed by atoms with Gasteiger partial charge in [0.2, 0.25) is 0 Å². The van der Waals surface area contributed by atoms with E-state index in [0.717, 1.165) is 0 Å². The standard InChI is InChI=1S/C8H13NO4S/c10-7(11)6-8(1-3-9-6)2-4-14(12,13)5-8/h6,9H,1-5H2,(H,10,11). The Bertz CT molecular complexity index is 364. The molecule has 0 bridgehead atoms. The number of carboxylic acid groups (broad SMARTS) is 1. The van der Waals surface area contributed by atoms with Crippen LogP contribution in [0.2, 0.25) is 0 Å². The molecular weight excluding hydrogens is 206 g/mol. The smallest absolute Gasteiger partial charge is 0.321 e. The van der Waals surface area contributed by atoms with Crippen LogP contribution >= 0.6 is 0 Å². The molecule has 2 aliphatic heterocycles. The van der Waals surface area contributed by atoms with E-state index in [2.05, 4.69) is 5.32 Å². The normalized spacial score (nSPS) is 40.4. The zero-order chi connectivity index (χ0) is 10.4. The van der Waals surface area contributed by atoms with Crippen LogP contribution in [0, 0.1) is 5.41 Å². The second-order valence-corrected chi connectivity index (χ2v) is 6.36. The van der Waals surface area contributed by atoms with Gasteiger partial charge in [0.15, 0.2) is 9.84 Å². The van der Waals surface area contributed by atoms with Crippen LogP contribution in [-0.4, -0.2) is 43.6 Å². The predicted molar refractivity (Wildman–Crippen MR) is 49.7 cm³/mol. The van der Waals surface area contributed by atoms with Crippen LogP contribution in [0.3, 0.4) is 0 Å². The fraction of sp³-hybridized carbons (Fsp3) is 0.875. The Labute approximate surface area is 82.4 Å². The first kappa shape index (κ1) is 9.92. The maximum atomic E-state index is 11.3. The third kappa shape index (κ3) is 1.42. The molecule has 2 rings (SSSR count). The Kier molecular flexibility index (Phi) is 2.08. The van der Waals surface area contributed by atoms with Gasteiger partial charge < -0.3 is 10.4 Å². The maximum absolute atomic E-state index is 11.3. The predicted octanol–water partition coefficient (Wildman–Crippen LogP) is -0.762. The van der Waals surface area contributed by atoms with Crippen LogP contribution in [0.15, 0.2) is 0 Å². The quantitative estimate of drug-likeness (QED) is 0.605. The lowest BCUT2D eigenvalue weighted by Crippen LogP contribution is -2.44. The van der Waals surface area contributed by atoms with Crippen molar-refractivity contribution in [2.75, 3.05) is 18.1 Å². The van der Waals surface area contributed by atoms with E-state index >= 15 is 0 Å². The van der Waals surface area contributed by atoms with Crippen molar-refractivity contribution in [1.82, 2.24) is 5.32 Å². The van der Waals surface area contributed by atoms with Gasteiger partial charge in [-0.25, -0.2) is 8.42 Å². The molecule has 0 saturated carbocycles. The Morgan fingerprint density at radius 1 is 1.43 bits per heavy atom. The molecule has 0 amide bonds. The summed E-state index contributed by atoms with van der Waals surface area (Å²) < 4.78 is 22.7. The van der Waals surface area contributed by atoms with E-state index in [1.165, 1.54) is 0 Å². The van der Waals surface area contributed by atoms with Crippen LogP contribution in [0.5, 0.6) is 0 Å². The van der Waals surface area contributed by atoms with Crippen LogP contribution in [0.4, 0.5) is 0 Å². The molecule has 1 spiro atoms. The minimum absolute atomic E-state index is 0.0317. The summed E-state index contributed by atoms with van der Waals surface area (Å²) in [5.41, 5.74) is -0.537. The number of nitrogens with one attached hydrogen (secondary N) is 1. The molecule has 0 radical (unpaired) electrons. The summed E-state index contributed by atoms with van der Waals surface area (Å²) in [6.07, 6.45) is 1.14. The van der Waals surface area contributed by atoms with Gasteiger partial charge in [-0.2, -0.15) is 0 Å². The summed E-state index contributed by atoms with van der Waals surface area (Å²) in [5.74, 6) is -0.762. The molecule has 0 aromatic heterocycles. The number of hydrogen-bond donors (Lipinski definition) is 2. The molecule has 2 fully saturated rings. The van der Waals surface area contributed by atoms with Crippen molar-refractivity contribution >= 4 is 15.8 Å². The summed E-state index contributed by atoms with van der Waals surface area (Å²) in [7, 11) is -3.01. The fourth-order valence-corrected chi connectivity index (χ4v) is 4.73. The van der Waals surface area contributed by atoms with E-state index in [-0.39, 0.29) is 11.5 Å². The number of sulfone groups is 1. The number of rotatable bonds is 1. The van der Waals surface area contributed by atoms with Crippen molar-refractivity contribution < 1.29 is 18.3 Å². The average Bonchev–Trinajstić information content (AvgIpc) is 2.57. The topological polar surface area (TPSA) is 83.5 Å². The number of carboxylic acids is 1. The Morgan fingerprint density at radius 3 is 2.64 bits per heavy atom. The first-order chi connectivity index (χ1) is 6.45. The van der Waals surface area contributed by atoms with Crippen molar-refractivity contribution in [3.63, 3.8) is 0 Å². The van der Waals surface area contributed by atoms with E-state index in [1.807, 2.05) is 0 Å². The fourth-order valence-electron chi connectivity index (χ4n) is 2.54. The summed E-state index contributed by atoms with van der Waals surface area (Å²) >= 11 is 0.